The van der Waals surface area contributed by atoms with E-state index in [0.29, 0.717) is 4.47 Å². The van der Waals surface area contributed by atoms with Crippen molar-refractivity contribution in [2.45, 2.75) is 12.5 Å². The maximum absolute atomic E-state index is 13.0. The first-order valence-corrected chi connectivity index (χ1v) is 4.56. The molecular formula is C8H6BrF2NO3. The fraction of sp³-hybridized carbons (Fsp3) is 0.250. The van der Waals surface area contributed by atoms with Gasteiger partial charge in [-0.05, 0) is 27.6 Å². The minimum absolute atomic E-state index is 0.154. The van der Waals surface area contributed by atoms with Crippen LogP contribution in [0.5, 0.6) is 0 Å². The van der Waals surface area contributed by atoms with Gasteiger partial charge in [0.15, 0.2) is 0 Å². The SMILES string of the molecule is O=C(O)C(F)(F)c1cc(CO)c(Br)cn1. The molecule has 7 heteroatoms. The minimum Gasteiger partial charge on any atom is -0.476 e. The van der Waals surface area contributed by atoms with Crippen LogP contribution in [0.1, 0.15) is 11.3 Å². The summed E-state index contributed by atoms with van der Waals surface area (Å²) in [6.07, 6.45) is 1.03. The molecule has 1 rings (SSSR count). The molecule has 0 radical (unpaired) electrons. The normalized spacial score (nSPS) is 11.5. The van der Waals surface area contributed by atoms with Crippen LogP contribution in [-0.4, -0.2) is 21.2 Å². The number of aliphatic hydroxyl groups is 1. The van der Waals surface area contributed by atoms with E-state index in [4.69, 9.17) is 10.2 Å². The number of halogens is 3. The average Bonchev–Trinajstić information content (AvgIpc) is 2.18. The van der Waals surface area contributed by atoms with Crippen LogP contribution in [0.2, 0.25) is 0 Å². The molecule has 4 nitrogen and oxygen atoms in total. The predicted molar refractivity (Wildman–Crippen MR) is 49.4 cm³/mol. The smallest absolute Gasteiger partial charge is 0.384 e. The molecule has 2 N–H and O–H groups in total. The number of nitrogens with zero attached hydrogens (tertiary/aromatic N) is 1. The Morgan fingerprint density at radius 2 is 2.20 bits per heavy atom. The molecule has 1 aromatic heterocycles. The third kappa shape index (κ3) is 2.29. The number of pyridine rings is 1. The second-order valence-corrected chi connectivity index (χ2v) is 3.55. The molecule has 1 heterocycles. The molecule has 0 saturated heterocycles. The predicted octanol–water partition coefficient (Wildman–Crippen LogP) is 1.51. The van der Waals surface area contributed by atoms with E-state index >= 15 is 0 Å². The third-order valence-corrected chi connectivity index (χ3v) is 2.41. The van der Waals surface area contributed by atoms with Gasteiger partial charge in [0.25, 0.3) is 0 Å². The van der Waals surface area contributed by atoms with Gasteiger partial charge in [0, 0.05) is 10.7 Å². The molecule has 0 bridgehead atoms. The molecule has 1 aromatic rings. The fourth-order valence-electron chi connectivity index (χ4n) is 0.883. The Labute approximate surface area is 91.7 Å². The van der Waals surface area contributed by atoms with Gasteiger partial charge in [-0.3, -0.25) is 4.98 Å². The summed E-state index contributed by atoms with van der Waals surface area (Å²) in [6, 6.07) is 0.845. The second kappa shape index (κ2) is 4.19. The van der Waals surface area contributed by atoms with Crippen molar-refractivity contribution in [1.82, 2.24) is 4.98 Å². The molecule has 0 aliphatic rings. The van der Waals surface area contributed by atoms with E-state index in [1.807, 2.05) is 0 Å². The Morgan fingerprint density at radius 1 is 1.60 bits per heavy atom. The molecule has 0 aromatic carbocycles. The summed E-state index contributed by atoms with van der Waals surface area (Å²) in [7, 11) is 0. The van der Waals surface area contributed by atoms with Gasteiger partial charge in [-0.1, -0.05) is 0 Å². The highest BCUT2D eigenvalue weighted by molar-refractivity contribution is 9.10. The molecular weight excluding hydrogens is 276 g/mol. The summed E-state index contributed by atoms with van der Waals surface area (Å²) in [5, 5.41) is 17.1. The Morgan fingerprint density at radius 3 is 2.67 bits per heavy atom. The summed E-state index contributed by atoms with van der Waals surface area (Å²) in [4.78, 5) is 13.5. The zero-order chi connectivity index (χ0) is 11.6. The van der Waals surface area contributed by atoms with Crippen molar-refractivity contribution in [1.29, 1.82) is 0 Å². The number of alkyl halides is 2. The van der Waals surface area contributed by atoms with Crippen LogP contribution in [0.4, 0.5) is 8.78 Å². The Kier molecular flexibility index (Phi) is 3.35. The minimum atomic E-state index is -4.05. The highest BCUT2D eigenvalue weighted by Gasteiger charge is 2.42. The average molecular weight is 282 g/mol. The van der Waals surface area contributed by atoms with Gasteiger partial charge in [0.2, 0.25) is 0 Å². The molecule has 0 spiro atoms. The van der Waals surface area contributed by atoms with Gasteiger partial charge >= 0.3 is 11.9 Å². The summed E-state index contributed by atoms with van der Waals surface area (Å²) < 4.78 is 26.3. The maximum atomic E-state index is 13.0. The van der Waals surface area contributed by atoms with Crippen molar-refractivity contribution >= 4 is 21.9 Å². The van der Waals surface area contributed by atoms with Crippen LogP contribution in [0.15, 0.2) is 16.7 Å². The van der Waals surface area contributed by atoms with E-state index < -0.39 is 24.2 Å². The first-order chi connectivity index (χ1) is 6.89. The molecule has 0 atom stereocenters. The monoisotopic (exact) mass is 281 g/mol. The third-order valence-electron chi connectivity index (χ3n) is 1.70. The van der Waals surface area contributed by atoms with Gasteiger partial charge in [-0.15, -0.1) is 0 Å². The number of aromatic nitrogens is 1. The van der Waals surface area contributed by atoms with Crippen molar-refractivity contribution in [2.24, 2.45) is 0 Å². The zero-order valence-electron chi connectivity index (χ0n) is 7.25. The highest BCUT2D eigenvalue weighted by Crippen LogP contribution is 2.28. The van der Waals surface area contributed by atoms with Crippen LogP contribution in [0, 0.1) is 0 Å². The Bertz CT molecular complexity index is 397. The lowest BCUT2D eigenvalue weighted by molar-refractivity contribution is -0.166. The zero-order valence-corrected chi connectivity index (χ0v) is 8.83. The summed E-state index contributed by atoms with van der Waals surface area (Å²) in [5.74, 6) is -6.33. The van der Waals surface area contributed by atoms with Gasteiger partial charge in [-0.2, -0.15) is 8.78 Å². The maximum Gasteiger partial charge on any atom is 0.384 e. The van der Waals surface area contributed by atoms with E-state index in [9.17, 15) is 13.6 Å². The standard InChI is InChI=1S/C8H6BrF2NO3/c9-5-2-12-6(1-4(5)3-13)8(10,11)7(14)15/h1-2,13H,3H2,(H,14,15). The van der Waals surface area contributed by atoms with Gasteiger partial charge in [0.1, 0.15) is 5.69 Å². The van der Waals surface area contributed by atoms with Crippen molar-refractivity contribution in [3.63, 3.8) is 0 Å². The lowest BCUT2D eigenvalue weighted by Crippen LogP contribution is -2.26. The van der Waals surface area contributed by atoms with Crippen LogP contribution in [-0.2, 0) is 17.3 Å². The first-order valence-electron chi connectivity index (χ1n) is 3.76. The largest absolute Gasteiger partial charge is 0.476 e. The summed E-state index contributed by atoms with van der Waals surface area (Å²) in [5.41, 5.74) is -0.747. The van der Waals surface area contributed by atoms with Gasteiger partial charge in [0.05, 0.1) is 6.61 Å². The molecule has 0 saturated carbocycles. The number of carboxylic acids is 1. The number of hydrogen-bond acceptors (Lipinski definition) is 3. The van der Waals surface area contributed by atoms with Crippen molar-refractivity contribution in [3.8, 4) is 0 Å². The number of aliphatic carboxylic acids is 1. The van der Waals surface area contributed by atoms with Crippen LogP contribution in [0.3, 0.4) is 0 Å². The van der Waals surface area contributed by atoms with E-state index in [2.05, 4.69) is 20.9 Å². The fourth-order valence-corrected chi connectivity index (χ4v) is 1.23. The number of carbonyl (C=O) groups is 1. The van der Waals surface area contributed by atoms with E-state index in [-0.39, 0.29) is 5.56 Å². The molecule has 0 fully saturated rings. The van der Waals surface area contributed by atoms with Crippen molar-refractivity contribution in [2.75, 3.05) is 0 Å². The lowest BCUT2D eigenvalue weighted by atomic mass is 10.1. The van der Waals surface area contributed by atoms with Crippen LogP contribution >= 0.6 is 15.9 Å². The van der Waals surface area contributed by atoms with Crippen LogP contribution in [0.25, 0.3) is 0 Å². The van der Waals surface area contributed by atoms with Crippen molar-refractivity contribution in [3.05, 3.63) is 28.0 Å². The van der Waals surface area contributed by atoms with E-state index in [1.165, 1.54) is 0 Å². The van der Waals surface area contributed by atoms with Crippen LogP contribution < -0.4 is 0 Å². The molecule has 0 aliphatic heterocycles. The Balaban J connectivity index is 3.22. The van der Waals surface area contributed by atoms with Gasteiger partial charge in [-0.25, -0.2) is 4.79 Å². The topological polar surface area (TPSA) is 70.4 Å². The quantitative estimate of drug-likeness (QED) is 0.881. The second-order valence-electron chi connectivity index (χ2n) is 2.70. The summed E-state index contributed by atoms with van der Waals surface area (Å²) in [6.45, 7) is -0.480. The first kappa shape index (κ1) is 12.0. The lowest BCUT2D eigenvalue weighted by Gasteiger charge is -2.11. The molecule has 0 amide bonds. The van der Waals surface area contributed by atoms with Gasteiger partial charge < -0.3 is 10.2 Å². The molecule has 82 valence electrons. The Hall–Kier alpha value is -1.08. The number of carboxylic acid groups (broad SMARTS) is 1. The summed E-state index contributed by atoms with van der Waals surface area (Å²) >= 11 is 2.98. The number of rotatable bonds is 3. The van der Waals surface area contributed by atoms with E-state index in [1.54, 1.807) is 0 Å². The van der Waals surface area contributed by atoms with Crippen molar-refractivity contribution < 1.29 is 23.8 Å². The molecule has 0 unspecified atom stereocenters. The number of aliphatic hydroxyl groups excluding tert-OH is 1. The highest BCUT2D eigenvalue weighted by atomic mass is 79.9. The molecule has 0 aliphatic carbocycles. The molecule has 15 heavy (non-hydrogen) atoms. The number of hydrogen-bond donors (Lipinski definition) is 2. The van der Waals surface area contributed by atoms with E-state index in [0.717, 1.165) is 12.3 Å².